The summed E-state index contributed by atoms with van der Waals surface area (Å²) in [6.45, 7) is 8.24. The van der Waals surface area contributed by atoms with Gasteiger partial charge >= 0.3 is 6.18 Å². The van der Waals surface area contributed by atoms with Gasteiger partial charge in [-0.2, -0.15) is 13.2 Å². The number of hydrogen-bond donors (Lipinski definition) is 3. The molecule has 3 heterocycles. The number of nitrogens with zero attached hydrogens (tertiary/aromatic N) is 2. The number of rotatable bonds is 10. The van der Waals surface area contributed by atoms with Crippen molar-refractivity contribution in [3.63, 3.8) is 0 Å². The Balaban J connectivity index is 1.36. The molecule has 3 N–H and O–H groups in total. The molecule has 0 atom stereocenters. The number of anilines is 3. The highest BCUT2D eigenvalue weighted by Crippen LogP contribution is 2.40. The summed E-state index contributed by atoms with van der Waals surface area (Å²) in [6, 6.07) is 9.08. The van der Waals surface area contributed by atoms with Crippen molar-refractivity contribution in [3.8, 4) is 17.6 Å². The van der Waals surface area contributed by atoms with E-state index in [0.29, 0.717) is 59.7 Å². The normalized spacial score (nSPS) is 16.6. The lowest BCUT2D eigenvalue weighted by molar-refractivity contribution is -0.126. The van der Waals surface area contributed by atoms with Crippen molar-refractivity contribution in [3.05, 3.63) is 46.6 Å². The summed E-state index contributed by atoms with van der Waals surface area (Å²) in [4.78, 5) is 4.66. The van der Waals surface area contributed by atoms with Crippen molar-refractivity contribution in [1.82, 2.24) is 4.90 Å². The zero-order valence-corrected chi connectivity index (χ0v) is 26.4. The highest BCUT2D eigenvalue weighted by Gasteiger charge is 2.31. The molecule has 1 aromatic heterocycles. The molecular formula is C33H40F4N4O3S. The van der Waals surface area contributed by atoms with Gasteiger partial charge in [0.05, 0.1) is 59.4 Å². The van der Waals surface area contributed by atoms with Crippen LogP contribution in [0.3, 0.4) is 0 Å². The van der Waals surface area contributed by atoms with Crippen molar-refractivity contribution in [1.29, 1.82) is 0 Å². The number of thiophene rings is 1. The average Bonchev–Trinajstić information content (AvgIpc) is 3.36. The van der Waals surface area contributed by atoms with Crippen molar-refractivity contribution in [2.75, 3.05) is 74.7 Å². The molecule has 2 aliphatic heterocycles. The number of morpholine rings is 1. The molecule has 3 aromatic rings. The van der Waals surface area contributed by atoms with Crippen LogP contribution in [0.1, 0.15) is 37.1 Å². The Morgan fingerprint density at radius 2 is 1.87 bits per heavy atom. The van der Waals surface area contributed by atoms with E-state index < -0.39 is 18.4 Å². The first kappa shape index (κ1) is 33.1. The monoisotopic (exact) mass is 648 g/mol. The van der Waals surface area contributed by atoms with E-state index in [1.807, 2.05) is 11.0 Å². The molecular weight excluding hydrogens is 608 g/mol. The van der Waals surface area contributed by atoms with Gasteiger partial charge in [-0.3, -0.25) is 0 Å². The van der Waals surface area contributed by atoms with Gasteiger partial charge in [0.1, 0.15) is 18.2 Å². The summed E-state index contributed by atoms with van der Waals surface area (Å²) in [5.41, 5.74) is 1.71. The molecule has 0 bridgehead atoms. The first-order valence-corrected chi connectivity index (χ1v) is 16.2. The molecule has 2 saturated heterocycles. The van der Waals surface area contributed by atoms with E-state index in [0.717, 1.165) is 36.3 Å². The van der Waals surface area contributed by atoms with Gasteiger partial charge in [-0.1, -0.05) is 24.0 Å². The van der Waals surface area contributed by atoms with Crippen LogP contribution in [0.5, 0.6) is 5.75 Å². The third kappa shape index (κ3) is 8.52. The topological polar surface area (TPSA) is 69.2 Å². The molecule has 0 aliphatic carbocycles. The van der Waals surface area contributed by atoms with E-state index in [-0.39, 0.29) is 31.4 Å². The first-order valence-electron chi connectivity index (χ1n) is 15.4. The molecule has 0 saturated carbocycles. The van der Waals surface area contributed by atoms with Crippen LogP contribution in [-0.4, -0.2) is 87.4 Å². The number of aliphatic hydroxyl groups excluding tert-OH is 1. The van der Waals surface area contributed by atoms with Crippen LogP contribution >= 0.6 is 11.3 Å². The maximum Gasteiger partial charge on any atom is 0.393 e. The van der Waals surface area contributed by atoms with E-state index in [1.54, 1.807) is 18.2 Å². The second-order valence-electron chi connectivity index (χ2n) is 11.6. The molecule has 0 radical (unpaired) electrons. The Morgan fingerprint density at radius 3 is 2.56 bits per heavy atom. The molecule has 0 unspecified atom stereocenters. The van der Waals surface area contributed by atoms with Gasteiger partial charge in [0, 0.05) is 50.4 Å². The Kier molecular flexibility index (Phi) is 11.0. The number of fused-ring (bicyclic) bond motifs is 1. The van der Waals surface area contributed by atoms with E-state index >= 15 is 4.39 Å². The Hall–Kier alpha value is -3.24. The fourth-order valence-corrected chi connectivity index (χ4v) is 6.98. The van der Waals surface area contributed by atoms with Gasteiger partial charge in [0.25, 0.3) is 0 Å². The predicted octanol–water partition coefficient (Wildman–Crippen LogP) is 6.10. The van der Waals surface area contributed by atoms with Crippen LogP contribution in [-0.2, 0) is 11.2 Å². The minimum absolute atomic E-state index is 0.0182. The number of hydrogen-bond acceptors (Lipinski definition) is 8. The predicted molar refractivity (Wildman–Crippen MR) is 172 cm³/mol. The van der Waals surface area contributed by atoms with Crippen LogP contribution in [0.15, 0.2) is 30.3 Å². The molecule has 2 fully saturated rings. The molecule has 0 amide bonds. The lowest BCUT2D eigenvalue weighted by Gasteiger charge is -2.35. The number of likely N-dealkylation sites (tertiary alicyclic amines) is 1. The number of benzene rings is 2. The van der Waals surface area contributed by atoms with E-state index in [9.17, 15) is 18.3 Å². The van der Waals surface area contributed by atoms with Gasteiger partial charge in [-0.05, 0) is 43.7 Å². The molecule has 244 valence electrons. The smallest absolute Gasteiger partial charge is 0.393 e. The summed E-state index contributed by atoms with van der Waals surface area (Å²) in [7, 11) is 0. The van der Waals surface area contributed by atoms with Crippen molar-refractivity contribution in [2.24, 2.45) is 0 Å². The Labute approximate surface area is 265 Å². The maximum atomic E-state index is 15.1. The zero-order chi connectivity index (χ0) is 32.0. The van der Waals surface area contributed by atoms with Crippen molar-refractivity contribution in [2.45, 2.75) is 51.4 Å². The van der Waals surface area contributed by atoms with Gasteiger partial charge in [0.15, 0.2) is 0 Å². The second kappa shape index (κ2) is 14.9. The van der Waals surface area contributed by atoms with Crippen LogP contribution in [0.4, 0.5) is 34.6 Å². The lowest BCUT2D eigenvalue weighted by atomic mass is 10.0. The first-order chi connectivity index (χ1) is 21.6. The van der Waals surface area contributed by atoms with E-state index in [1.165, 1.54) is 17.4 Å². The molecule has 12 heteroatoms. The summed E-state index contributed by atoms with van der Waals surface area (Å²) >= 11 is 1.26. The number of piperidine rings is 1. The number of ether oxygens (including phenoxy) is 2. The minimum atomic E-state index is -4.39. The fraction of sp³-hybridized carbons (Fsp3) is 0.515. The highest BCUT2D eigenvalue weighted by atomic mass is 32.1. The summed E-state index contributed by atoms with van der Waals surface area (Å²) in [5, 5.41) is 16.5. The molecule has 45 heavy (non-hydrogen) atoms. The maximum absolute atomic E-state index is 15.1. The largest absolute Gasteiger partial charge is 0.489 e. The molecule has 2 aromatic carbocycles. The molecule has 2 aliphatic rings. The quantitative estimate of drug-likeness (QED) is 0.181. The van der Waals surface area contributed by atoms with Gasteiger partial charge in [-0.15, -0.1) is 11.3 Å². The average molecular weight is 649 g/mol. The minimum Gasteiger partial charge on any atom is -0.489 e. The van der Waals surface area contributed by atoms with Gasteiger partial charge < -0.3 is 35.0 Å². The standard InChI is InChI=1S/C33H40F4N4O3S/c1-22(2)40-11-8-23(9-12-40)39-27-6-3-5-24-25(21-33(35,36)37)31(45-32(24)27)7-4-10-38-28-19-26(34)29(20-30(28)44-18-15-42)41-13-16-43-17-14-41/h3,5-6,19-20,22-23,38-39,42H,8-18,21H2,1-2H3. The third-order valence-electron chi connectivity index (χ3n) is 8.13. The van der Waals surface area contributed by atoms with Gasteiger partial charge in [-0.25, -0.2) is 4.39 Å². The fourth-order valence-electron chi connectivity index (χ4n) is 5.81. The molecule has 5 rings (SSSR count). The SMILES string of the molecule is CC(C)N1CCC(Nc2cccc3c(CC(F)(F)F)c(C#CCNc4cc(F)c(N5CCOCC5)cc4OCCO)sc23)CC1. The third-order valence-corrected chi connectivity index (χ3v) is 9.33. The van der Waals surface area contributed by atoms with E-state index in [4.69, 9.17) is 9.47 Å². The molecule has 0 spiro atoms. The number of aliphatic hydroxyl groups is 1. The molecule has 7 nitrogen and oxygen atoms in total. The van der Waals surface area contributed by atoms with Crippen LogP contribution < -0.4 is 20.3 Å². The Morgan fingerprint density at radius 1 is 1.11 bits per heavy atom. The van der Waals surface area contributed by atoms with E-state index in [2.05, 4.69) is 41.2 Å². The van der Waals surface area contributed by atoms with Gasteiger partial charge in [0.2, 0.25) is 0 Å². The summed E-state index contributed by atoms with van der Waals surface area (Å²) < 4.78 is 68.1. The van der Waals surface area contributed by atoms with Crippen molar-refractivity contribution >= 4 is 38.5 Å². The number of nitrogens with one attached hydrogen (secondary N) is 2. The van der Waals surface area contributed by atoms with Crippen LogP contribution in [0.2, 0.25) is 0 Å². The summed E-state index contributed by atoms with van der Waals surface area (Å²) in [6.07, 6.45) is -3.54. The highest BCUT2D eigenvalue weighted by molar-refractivity contribution is 7.20. The Bertz CT molecular complexity index is 1500. The van der Waals surface area contributed by atoms with Crippen molar-refractivity contribution < 1.29 is 32.1 Å². The van der Waals surface area contributed by atoms with Crippen LogP contribution in [0, 0.1) is 17.7 Å². The second-order valence-corrected chi connectivity index (χ2v) is 12.6. The number of alkyl halides is 3. The number of halogens is 4. The zero-order valence-electron chi connectivity index (χ0n) is 25.6. The van der Waals surface area contributed by atoms with Crippen LogP contribution in [0.25, 0.3) is 10.1 Å². The summed E-state index contributed by atoms with van der Waals surface area (Å²) in [5.74, 6) is 5.80. The lowest BCUT2D eigenvalue weighted by Crippen LogP contribution is -2.42.